The highest BCUT2D eigenvalue weighted by atomic mass is 31.1. The van der Waals surface area contributed by atoms with Crippen LogP contribution in [0.1, 0.15) is 11.1 Å². The van der Waals surface area contributed by atoms with Crippen molar-refractivity contribution in [3.63, 3.8) is 0 Å². The van der Waals surface area contributed by atoms with E-state index < -0.39 is 7.53 Å². The van der Waals surface area contributed by atoms with Gasteiger partial charge in [0.25, 0.3) is 5.29 Å². The first-order valence-electron chi connectivity index (χ1n) is 4.25. The van der Waals surface area contributed by atoms with Gasteiger partial charge in [-0.05, 0) is 45.2 Å². The zero-order chi connectivity index (χ0) is 9.59. The fourth-order valence-electron chi connectivity index (χ4n) is 1.67. The van der Waals surface area contributed by atoms with Crippen molar-refractivity contribution in [2.75, 3.05) is 0 Å². The maximum atomic E-state index is 11.4. The summed E-state index contributed by atoms with van der Waals surface area (Å²) in [7, 11) is -0.624. The Hall–Kier alpha value is -1.01. The highest BCUT2D eigenvalue weighted by molar-refractivity contribution is 7.52. The number of nitrogens with one attached hydrogen (secondary N) is 1. The van der Waals surface area contributed by atoms with E-state index in [1.54, 1.807) is 0 Å². The molecule has 2 aromatic rings. The average Bonchev–Trinajstić information content (AvgIpc) is 2.32. The lowest BCUT2D eigenvalue weighted by atomic mass is 10.1. The number of hydrogen-bond acceptors (Lipinski definition) is 1. The predicted octanol–water partition coefficient (Wildman–Crippen LogP) is 2.67. The molecule has 2 nitrogen and oxygen atoms in total. The minimum absolute atomic E-state index is 0.179. The molecule has 1 atom stereocenters. The predicted molar refractivity (Wildman–Crippen MR) is 57.7 cm³/mol. The van der Waals surface area contributed by atoms with E-state index in [0.717, 1.165) is 5.52 Å². The highest BCUT2D eigenvalue weighted by Gasteiger charge is 2.06. The molecule has 0 saturated heterocycles. The number of aromatic amines is 1. The first-order chi connectivity index (χ1) is 6.09. The van der Waals surface area contributed by atoms with Gasteiger partial charge >= 0.3 is 0 Å². The van der Waals surface area contributed by atoms with Crippen LogP contribution in [0.25, 0.3) is 10.6 Å². The first kappa shape index (κ1) is 8.58. The van der Waals surface area contributed by atoms with Gasteiger partial charge in [-0.25, -0.2) is 0 Å². The topological polar surface area (TPSA) is 32.9 Å². The summed E-state index contributed by atoms with van der Waals surface area (Å²) in [5.41, 5.74) is 3.46. The van der Waals surface area contributed by atoms with E-state index >= 15 is 0 Å². The van der Waals surface area contributed by atoms with Crippen molar-refractivity contribution < 1.29 is 0 Å². The summed E-state index contributed by atoms with van der Waals surface area (Å²) in [6, 6.07) is 4.22. The Labute approximate surface area is 77.7 Å². The Kier molecular flexibility index (Phi) is 1.81. The van der Waals surface area contributed by atoms with Gasteiger partial charge < -0.3 is 4.98 Å². The van der Waals surface area contributed by atoms with Crippen molar-refractivity contribution in [1.82, 2.24) is 4.98 Å². The molecule has 0 spiro atoms. The van der Waals surface area contributed by atoms with Gasteiger partial charge in [-0.1, -0.05) is 6.07 Å². The van der Waals surface area contributed by atoms with Crippen molar-refractivity contribution in [1.29, 1.82) is 0 Å². The molecule has 1 unspecified atom stereocenters. The highest BCUT2D eigenvalue weighted by Crippen LogP contribution is 2.31. The van der Waals surface area contributed by atoms with Crippen LogP contribution in [0.2, 0.25) is 0 Å². The van der Waals surface area contributed by atoms with E-state index in [0.29, 0.717) is 0 Å². The number of H-pyrrole nitrogens is 1. The van der Waals surface area contributed by atoms with Crippen LogP contribution in [0.5, 0.6) is 0 Å². The van der Waals surface area contributed by atoms with Gasteiger partial charge in [0.15, 0.2) is 0 Å². The summed E-state index contributed by atoms with van der Waals surface area (Å²) in [5.74, 6) is 0. The molecule has 1 aromatic carbocycles. The van der Waals surface area contributed by atoms with Gasteiger partial charge in [0.05, 0.1) is 5.52 Å². The molecule has 0 aliphatic carbocycles. The van der Waals surface area contributed by atoms with Crippen LogP contribution < -0.4 is 5.29 Å². The summed E-state index contributed by atoms with van der Waals surface area (Å²) in [5, 5.41) is 1.39. The van der Waals surface area contributed by atoms with Crippen LogP contribution in [0, 0.1) is 13.8 Å². The third-order valence-electron chi connectivity index (χ3n) is 2.36. The normalized spacial score (nSPS) is 12.4. The minimum Gasteiger partial charge on any atom is -0.318 e. The quantitative estimate of drug-likeness (QED) is 0.685. The zero-order valence-corrected chi connectivity index (χ0v) is 8.90. The molecular weight excluding hydrogens is 181 g/mol. The molecule has 0 radical (unpaired) electrons. The number of hydrogen-bond donors (Lipinski definition) is 1. The second kappa shape index (κ2) is 2.74. The molecule has 13 heavy (non-hydrogen) atoms. The molecular formula is C10H12NOP. The van der Waals surface area contributed by atoms with Crippen LogP contribution >= 0.6 is 7.53 Å². The largest absolute Gasteiger partial charge is 0.318 e. The third kappa shape index (κ3) is 1.22. The number of rotatable bonds is 0. The van der Waals surface area contributed by atoms with Crippen LogP contribution in [-0.4, -0.2) is 4.98 Å². The Morgan fingerprint density at radius 1 is 1.31 bits per heavy atom. The number of benzene rings is 1. The maximum Gasteiger partial charge on any atom is 0.266 e. The van der Waals surface area contributed by atoms with Crippen molar-refractivity contribution in [3.8, 4) is 0 Å². The maximum absolute atomic E-state index is 11.4. The van der Waals surface area contributed by atoms with Gasteiger partial charge in [0.1, 0.15) is 0 Å². The Bertz CT molecular complexity index is 521. The first-order valence-corrected chi connectivity index (χ1v) is 6.04. The molecule has 2 rings (SSSR count). The summed E-state index contributed by atoms with van der Waals surface area (Å²) < 4.78 is 0. The lowest BCUT2D eigenvalue weighted by molar-refractivity contribution is 1.35. The van der Waals surface area contributed by atoms with Crippen molar-refractivity contribution in [3.05, 3.63) is 33.3 Å². The number of fused-ring (bicyclic) bond motifs is 1. The SMILES string of the molecule is Cc1cc(C)c2[nH]c(=O)p(C)c2c1. The van der Waals surface area contributed by atoms with E-state index in [4.69, 9.17) is 0 Å². The number of aromatic nitrogens is 1. The van der Waals surface area contributed by atoms with Crippen molar-refractivity contribution >= 4 is 18.2 Å². The van der Waals surface area contributed by atoms with Gasteiger partial charge in [0, 0.05) is 5.12 Å². The van der Waals surface area contributed by atoms with E-state index in [1.807, 2.05) is 13.6 Å². The van der Waals surface area contributed by atoms with Gasteiger partial charge in [-0.2, -0.15) is 0 Å². The molecule has 0 bridgehead atoms. The van der Waals surface area contributed by atoms with E-state index in [-0.39, 0.29) is 5.29 Å². The molecule has 0 saturated carbocycles. The molecule has 0 aliphatic rings. The second-order valence-corrected chi connectivity index (χ2v) is 5.47. The van der Waals surface area contributed by atoms with Gasteiger partial charge in [0.2, 0.25) is 0 Å². The van der Waals surface area contributed by atoms with E-state index in [1.165, 1.54) is 16.2 Å². The summed E-state index contributed by atoms with van der Waals surface area (Å²) >= 11 is 0. The third-order valence-corrected chi connectivity index (χ3v) is 4.15. The Morgan fingerprint density at radius 3 is 2.69 bits per heavy atom. The summed E-state index contributed by atoms with van der Waals surface area (Å²) in [6.07, 6.45) is 0. The van der Waals surface area contributed by atoms with Crippen molar-refractivity contribution in [2.24, 2.45) is 6.66 Å². The van der Waals surface area contributed by atoms with E-state index in [9.17, 15) is 4.79 Å². The minimum atomic E-state index is -0.624. The summed E-state index contributed by atoms with van der Waals surface area (Å²) in [6.45, 7) is 6.12. The molecule has 0 aliphatic heterocycles. The molecule has 1 N–H and O–H groups in total. The van der Waals surface area contributed by atoms with Gasteiger partial charge in [-0.3, -0.25) is 4.79 Å². The van der Waals surface area contributed by atoms with E-state index in [2.05, 4.69) is 24.0 Å². The molecule has 0 fully saturated rings. The molecule has 0 amide bonds. The lowest BCUT2D eigenvalue weighted by Gasteiger charge is -1.98. The van der Waals surface area contributed by atoms with Crippen LogP contribution in [0.3, 0.4) is 0 Å². The van der Waals surface area contributed by atoms with Crippen molar-refractivity contribution in [2.45, 2.75) is 13.8 Å². The average molecular weight is 193 g/mol. The second-order valence-electron chi connectivity index (χ2n) is 3.47. The molecule has 68 valence electrons. The molecule has 1 heterocycles. The number of aryl methyl sites for hydroxylation is 3. The monoisotopic (exact) mass is 193 g/mol. The summed E-state index contributed by atoms with van der Waals surface area (Å²) in [4.78, 5) is 14.3. The Balaban J connectivity index is 3.03. The van der Waals surface area contributed by atoms with Gasteiger partial charge in [-0.15, -0.1) is 0 Å². The van der Waals surface area contributed by atoms with Crippen LogP contribution in [0.15, 0.2) is 16.9 Å². The smallest absolute Gasteiger partial charge is 0.266 e. The fourth-order valence-corrected chi connectivity index (χ4v) is 3.14. The molecule has 1 aromatic heterocycles. The lowest BCUT2D eigenvalue weighted by Crippen LogP contribution is -1.92. The van der Waals surface area contributed by atoms with Crippen LogP contribution in [-0.2, 0) is 6.66 Å². The Morgan fingerprint density at radius 2 is 2.00 bits per heavy atom. The van der Waals surface area contributed by atoms with Crippen LogP contribution in [0.4, 0.5) is 0 Å². The molecule has 3 heteroatoms. The fraction of sp³-hybridized carbons (Fsp3) is 0.300. The zero-order valence-electron chi connectivity index (χ0n) is 8.01. The standard InChI is InChI=1S/C10H12NOP/c1-6-4-7(2)9-8(5-6)13(3)10(12)11-9/h4-5H,1-3H3,(H,11,12).